The van der Waals surface area contributed by atoms with E-state index < -0.39 is 0 Å². The number of amides is 2. The summed E-state index contributed by atoms with van der Waals surface area (Å²) < 4.78 is 0. The van der Waals surface area contributed by atoms with Crippen molar-refractivity contribution in [1.29, 1.82) is 0 Å². The first-order valence-electron chi connectivity index (χ1n) is 11.8. The molecule has 6 nitrogen and oxygen atoms in total. The Morgan fingerprint density at radius 3 is 2.16 bits per heavy atom. The molecule has 170 valence electrons. The van der Waals surface area contributed by atoms with Gasteiger partial charge >= 0.3 is 0 Å². The van der Waals surface area contributed by atoms with Crippen LogP contribution in [0.5, 0.6) is 0 Å². The van der Waals surface area contributed by atoms with Crippen LogP contribution in [0.25, 0.3) is 0 Å². The minimum atomic E-state index is 0.00310. The molecule has 1 N–H and O–H groups in total. The second-order valence-corrected chi connectivity index (χ2v) is 8.79. The summed E-state index contributed by atoms with van der Waals surface area (Å²) >= 11 is 0. The number of piperazine rings is 1. The van der Waals surface area contributed by atoms with Crippen molar-refractivity contribution < 1.29 is 9.59 Å². The second kappa shape index (κ2) is 10.2. The third kappa shape index (κ3) is 4.96. The van der Waals surface area contributed by atoms with Gasteiger partial charge in [0.05, 0.1) is 5.56 Å². The maximum absolute atomic E-state index is 13.3. The molecule has 4 rings (SSSR count). The highest BCUT2D eigenvalue weighted by Crippen LogP contribution is 2.26. The molecule has 2 fully saturated rings. The van der Waals surface area contributed by atoms with E-state index in [9.17, 15) is 9.59 Å². The molecule has 2 aromatic rings. The van der Waals surface area contributed by atoms with Crippen LogP contribution in [0, 0.1) is 6.92 Å². The fourth-order valence-electron chi connectivity index (χ4n) is 4.72. The van der Waals surface area contributed by atoms with E-state index in [1.165, 1.54) is 0 Å². The van der Waals surface area contributed by atoms with Crippen LogP contribution in [0.4, 0.5) is 5.69 Å². The lowest BCUT2D eigenvalue weighted by atomic mass is 10.0. The molecule has 2 saturated heterocycles. The fourth-order valence-corrected chi connectivity index (χ4v) is 4.72. The van der Waals surface area contributed by atoms with E-state index in [-0.39, 0.29) is 17.9 Å². The molecule has 6 heteroatoms. The topological polar surface area (TPSA) is 55.9 Å². The van der Waals surface area contributed by atoms with Gasteiger partial charge in [-0.15, -0.1) is 0 Å². The Kier molecular flexibility index (Phi) is 7.10. The first-order valence-corrected chi connectivity index (χ1v) is 11.8. The number of carbonyl (C=O) groups is 2. The summed E-state index contributed by atoms with van der Waals surface area (Å²) in [6.45, 7) is 10.3. The highest BCUT2D eigenvalue weighted by Gasteiger charge is 2.27. The first-order chi connectivity index (χ1) is 15.6. The van der Waals surface area contributed by atoms with Crippen molar-refractivity contribution in [3.05, 3.63) is 65.2 Å². The van der Waals surface area contributed by atoms with Crippen molar-refractivity contribution in [2.24, 2.45) is 0 Å². The summed E-state index contributed by atoms with van der Waals surface area (Å²) in [5, 5.41) is 3.20. The van der Waals surface area contributed by atoms with Gasteiger partial charge in [0, 0.05) is 56.6 Å². The number of carbonyl (C=O) groups excluding carboxylic acids is 2. The fraction of sp³-hybridized carbons (Fsp3) is 0.462. The molecule has 0 radical (unpaired) electrons. The van der Waals surface area contributed by atoms with Crippen LogP contribution in [0.15, 0.2) is 48.5 Å². The van der Waals surface area contributed by atoms with Crippen molar-refractivity contribution in [3.63, 3.8) is 0 Å². The standard InChI is InChI=1S/C26H34N4O2/c1-3-28-16-18-30(19-17-28)26(32)23-10-6-7-11-24(23)29-14-12-21(13-15-29)27-25(31)22-9-5-4-8-20(22)2/h4-11,21H,3,12-19H2,1-2H3,(H,27,31). The summed E-state index contributed by atoms with van der Waals surface area (Å²) in [6, 6.07) is 15.8. The monoisotopic (exact) mass is 434 g/mol. The summed E-state index contributed by atoms with van der Waals surface area (Å²) in [5.41, 5.74) is 3.54. The number of para-hydroxylation sites is 1. The average molecular weight is 435 g/mol. The molecule has 0 unspecified atom stereocenters. The summed E-state index contributed by atoms with van der Waals surface area (Å²) in [7, 11) is 0. The zero-order valence-electron chi connectivity index (χ0n) is 19.2. The zero-order chi connectivity index (χ0) is 22.5. The van der Waals surface area contributed by atoms with Crippen LogP contribution < -0.4 is 10.2 Å². The predicted octanol–water partition coefficient (Wildman–Crippen LogP) is 3.17. The Balaban J connectivity index is 1.37. The van der Waals surface area contributed by atoms with E-state index in [0.29, 0.717) is 0 Å². The Morgan fingerprint density at radius 1 is 0.875 bits per heavy atom. The van der Waals surface area contributed by atoms with Crippen LogP contribution >= 0.6 is 0 Å². The first kappa shape index (κ1) is 22.3. The van der Waals surface area contributed by atoms with E-state index in [2.05, 4.69) is 28.1 Å². The van der Waals surface area contributed by atoms with Crippen LogP contribution in [-0.2, 0) is 0 Å². The normalized spacial score (nSPS) is 17.9. The average Bonchev–Trinajstić information content (AvgIpc) is 2.84. The molecule has 2 amide bonds. The van der Waals surface area contributed by atoms with Crippen molar-refractivity contribution in [3.8, 4) is 0 Å². The summed E-state index contributed by atoms with van der Waals surface area (Å²) in [5.74, 6) is 0.134. The van der Waals surface area contributed by atoms with Crippen LogP contribution in [-0.4, -0.2) is 73.5 Å². The number of anilines is 1. The number of aryl methyl sites for hydroxylation is 1. The van der Waals surface area contributed by atoms with Crippen molar-refractivity contribution in [2.45, 2.75) is 32.7 Å². The molecule has 0 aliphatic carbocycles. The number of nitrogens with one attached hydrogen (secondary N) is 1. The lowest BCUT2D eigenvalue weighted by Crippen LogP contribution is -2.49. The highest BCUT2D eigenvalue weighted by molar-refractivity contribution is 6.00. The Hall–Kier alpha value is -2.86. The molecule has 2 aliphatic rings. The van der Waals surface area contributed by atoms with Gasteiger partial charge < -0.3 is 20.0 Å². The SMILES string of the molecule is CCN1CCN(C(=O)c2ccccc2N2CCC(NC(=O)c3ccccc3C)CC2)CC1. The molecule has 0 spiro atoms. The number of nitrogens with zero attached hydrogens (tertiary/aromatic N) is 3. The minimum Gasteiger partial charge on any atom is -0.371 e. The predicted molar refractivity (Wildman–Crippen MR) is 128 cm³/mol. The third-order valence-electron chi connectivity index (χ3n) is 6.80. The summed E-state index contributed by atoms with van der Waals surface area (Å²) in [6.07, 6.45) is 1.74. The molecule has 2 aliphatic heterocycles. The van der Waals surface area contributed by atoms with Crippen molar-refractivity contribution in [2.75, 3.05) is 50.7 Å². The van der Waals surface area contributed by atoms with E-state index in [1.807, 2.05) is 54.3 Å². The zero-order valence-corrected chi connectivity index (χ0v) is 19.2. The van der Waals surface area contributed by atoms with Gasteiger partial charge in [-0.1, -0.05) is 37.3 Å². The minimum absolute atomic E-state index is 0.00310. The number of hydrogen-bond acceptors (Lipinski definition) is 4. The smallest absolute Gasteiger partial charge is 0.256 e. The van der Waals surface area contributed by atoms with Crippen molar-refractivity contribution >= 4 is 17.5 Å². The molecule has 2 aromatic carbocycles. The summed E-state index contributed by atoms with van der Waals surface area (Å²) in [4.78, 5) is 32.6. The molecular weight excluding hydrogens is 400 g/mol. The van der Waals surface area contributed by atoms with Gasteiger partial charge in [-0.25, -0.2) is 0 Å². The Bertz CT molecular complexity index is 944. The number of hydrogen-bond donors (Lipinski definition) is 1. The van der Waals surface area contributed by atoms with Crippen LogP contribution in [0.3, 0.4) is 0 Å². The van der Waals surface area contributed by atoms with E-state index in [0.717, 1.165) is 81.0 Å². The van der Waals surface area contributed by atoms with Gasteiger partial charge in [-0.3, -0.25) is 9.59 Å². The van der Waals surface area contributed by atoms with Crippen LogP contribution in [0.1, 0.15) is 46.0 Å². The van der Waals surface area contributed by atoms with Gasteiger partial charge in [0.2, 0.25) is 0 Å². The van der Waals surface area contributed by atoms with E-state index >= 15 is 0 Å². The van der Waals surface area contributed by atoms with Gasteiger partial charge in [-0.2, -0.15) is 0 Å². The highest BCUT2D eigenvalue weighted by atomic mass is 16.2. The largest absolute Gasteiger partial charge is 0.371 e. The quantitative estimate of drug-likeness (QED) is 0.785. The molecule has 0 bridgehead atoms. The lowest BCUT2D eigenvalue weighted by Gasteiger charge is -2.37. The second-order valence-electron chi connectivity index (χ2n) is 8.79. The van der Waals surface area contributed by atoms with Gasteiger partial charge in [-0.05, 0) is 50.1 Å². The van der Waals surface area contributed by atoms with Crippen LogP contribution in [0.2, 0.25) is 0 Å². The number of rotatable bonds is 5. The Labute approximate surface area is 191 Å². The van der Waals surface area contributed by atoms with Crippen molar-refractivity contribution in [1.82, 2.24) is 15.1 Å². The number of benzene rings is 2. The lowest BCUT2D eigenvalue weighted by molar-refractivity contribution is 0.0644. The van der Waals surface area contributed by atoms with Gasteiger partial charge in [0.15, 0.2) is 0 Å². The Morgan fingerprint density at radius 2 is 1.50 bits per heavy atom. The molecule has 0 atom stereocenters. The maximum atomic E-state index is 13.3. The van der Waals surface area contributed by atoms with Gasteiger partial charge in [0.1, 0.15) is 0 Å². The van der Waals surface area contributed by atoms with E-state index in [1.54, 1.807) is 0 Å². The number of piperidine rings is 1. The maximum Gasteiger partial charge on any atom is 0.256 e. The molecule has 32 heavy (non-hydrogen) atoms. The number of likely N-dealkylation sites (N-methyl/N-ethyl adjacent to an activating group) is 1. The molecule has 0 aromatic heterocycles. The van der Waals surface area contributed by atoms with Gasteiger partial charge in [0.25, 0.3) is 11.8 Å². The third-order valence-corrected chi connectivity index (χ3v) is 6.80. The molecule has 2 heterocycles. The molecule has 0 saturated carbocycles. The molecular formula is C26H34N4O2. The van der Waals surface area contributed by atoms with E-state index in [4.69, 9.17) is 0 Å².